The third kappa shape index (κ3) is 9.01. The van der Waals surface area contributed by atoms with Crippen molar-refractivity contribution in [2.45, 2.75) is 0 Å². The predicted molar refractivity (Wildman–Crippen MR) is 172 cm³/mol. The third-order valence-electron chi connectivity index (χ3n) is 6.53. The molecule has 234 valence electrons. The highest BCUT2D eigenvalue weighted by molar-refractivity contribution is 8.00. The van der Waals surface area contributed by atoms with E-state index in [1.54, 1.807) is 48.5 Å². The minimum absolute atomic E-state index is 0.0274. The van der Waals surface area contributed by atoms with Gasteiger partial charge in [-0.3, -0.25) is 9.59 Å². The second-order valence-corrected chi connectivity index (χ2v) is 14.7. The zero-order valence-corrected chi connectivity index (χ0v) is 27.0. The van der Waals surface area contributed by atoms with Crippen LogP contribution >= 0.6 is 30.5 Å². The lowest BCUT2D eigenvalue weighted by molar-refractivity contribution is -2.00. The Hall–Kier alpha value is -4.08. The molecule has 0 aliphatic rings. The van der Waals surface area contributed by atoms with E-state index in [1.165, 1.54) is 0 Å². The first-order chi connectivity index (χ1) is 22.0. The molecule has 5 aromatic rings. The van der Waals surface area contributed by atoms with Crippen LogP contribution < -0.4 is 45.2 Å². The minimum Gasteiger partial charge on any atom is -0.321 e. The van der Waals surface area contributed by atoms with Gasteiger partial charge in [0, 0.05) is 16.3 Å². The summed E-state index contributed by atoms with van der Waals surface area (Å²) in [6, 6.07) is 45.1. The second kappa shape index (κ2) is 16.0. The summed E-state index contributed by atoms with van der Waals surface area (Å²) in [6.07, 6.45) is 0. The molecule has 2 N–H and O–H groups in total. The van der Waals surface area contributed by atoms with Gasteiger partial charge in [-0.15, -0.1) is 10.2 Å². The minimum atomic E-state index is -4.94. The van der Waals surface area contributed by atoms with Crippen LogP contribution in [0.2, 0.25) is 5.02 Å². The molecular weight excluding hydrogens is 670 g/mol. The number of halogens is 3. The van der Waals surface area contributed by atoms with E-state index >= 15 is 0 Å². The Labute approximate surface area is 278 Å². The van der Waals surface area contributed by atoms with Gasteiger partial charge >= 0.3 is 0 Å². The molecule has 5 rings (SSSR count). The van der Waals surface area contributed by atoms with E-state index in [0.717, 1.165) is 15.9 Å². The average Bonchev–Trinajstić information content (AvgIpc) is 3.06. The van der Waals surface area contributed by atoms with Gasteiger partial charge in [0.15, 0.2) is 13.0 Å². The van der Waals surface area contributed by atoms with Crippen molar-refractivity contribution < 1.29 is 38.5 Å². The maximum atomic E-state index is 14.1. The van der Waals surface area contributed by atoms with Crippen molar-refractivity contribution in [3.05, 3.63) is 167 Å². The average molecular weight is 696 g/mol. The SMILES string of the molecule is O=C(Nc1ccc(Cl)cc1)C(NC(=O)c1ccccc1)=C(Cl)[P+](c1ccccc1)(c1ccccc1)c1ccccc1.[O-][Cl+3]([O-])([O-])[O-]. The van der Waals surface area contributed by atoms with Crippen molar-refractivity contribution >= 4 is 63.9 Å². The summed E-state index contributed by atoms with van der Waals surface area (Å²) in [7, 11) is -7.81. The van der Waals surface area contributed by atoms with Gasteiger partial charge in [-0.05, 0) is 84.4 Å². The molecule has 0 saturated carbocycles. The molecule has 0 atom stereocenters. The summed E-state index contributed by atoms with van der Waals surface area (Å²) in [5.41, 5.74) is 0.885. The maximum absolute atomic E-state index is 14.1. The normalized spacial score (nSPS) is 11.8. The fraction of sp³-hybridized carbons (Fsp3) is 0. The monoisotopic (exact) mass is 694 g/mol. The molecule has 0 aliphatic carbocycles. The van der Waals surface area contributed by atoms with Crippen molar-refractivity contribution in [2.75, 3.05) is 5.32 Å². The van der Waals surface area contributed by atoms with Gasteiger partial charge in [0.05, 0.1) is 0 Å². The summed E-state index contributed by atoms with van der Waals surface area (Å²) >= 11 is 13.6. The standard InChI is InChI=1S/C34H25Cl2N2O2P.ClHO4/c35-26-21-23-27(24-22-26)37-34(40)31(38-33(39)25-13-5-1-6-14-25)32(36)41(28-15-7-2-8-16-28,29-17-9-3-10-18-29)30-19-11-4-12-20-30;2-1(3,4)5/h1-24H,(H-,37,38,39,40);(H,2,3,4,5). The number of carbonyl (C=O) groups is 2. The topological polar surface area (TPSA) is 150 Å². The van der Waals surface area contributed by atoms with Crippen LogP contribution in [-0.4, -0.2) is 11.8 Å². The molecule has 0 bridgehead atoms. The Morgan fingerprint density at radius 1 is 0.587 bits per heavy atom. The molecule has 2 amide bonds. The van der Waals surface area contributed by atoms with Crippen molar-refractivity contribution in [2.24, 2.45) is 0 Å². The van der Waals surface area contributed by atoms with Crippen LogP contribution in [0.25, 0.3) is 0 Å². The van der Waals surface area contributed by atoms with Gasteiger partial charge < -0.3 is 10.6 Å². The lowest BCUT2D eigenvalue weighted by Gasteiger charge is -2.28. The van der Waals surface area contributed by atoms with Crippen molar-refractivity contribution in [1.82, 2.24) is 5.32 Å². The summed E-state index contributed by atoms with van der Waals surface area (Å²) in [5.74, 6) is -0.994. The van der Waals surface area contributed by atoms with Crippen LogP contribution in [0.4, 0.5) is 5.69 Å². The second-order valence-electron chi connectivity index (χ2n) is 9.50. The van der Waals surface area contributed by atoms with Gasteiger partial charge in [0.1, 0.15) is 15.9 Å². The Morgan fingerprint density at radius 3 is 1.35 bits per heavy atom. The van der Waals surface area contributed by atoms with Crippen LogP contribution in [0.5, 0.6) is 0 Å². The lowest BCUT2D eigenvalue weighted by Crippen LogP contribution is -2.68. The van der Waals surface area contributed by atoms with Gasteiger partial charge in [0.25, 0.3) is 11.8 Å². The van der Waals surface area contributed by atoms with Crippen molar-refractivity contribution in [3.8, 4) is 0 Å². The summed E-state index contributed by atoms with van der Waals surface area (Å²) in [6.45, 7) is 0. The first kappa shape index (κ1) is 34.8. The Morgan fingerprint density at radius 2 is 0.957 bits per heavy atom. The number of nitrogens with one attached hydrogen (secondary N) is 2. The fourth-order valence-corrected chi connectivity index (χ4v) is 9.68. The lowest BCUT2D eigenvalue weighted by atomic mass is 10.2. The van der Waals surface area contributed by atoms with E-state index in [2.05, 4.69) is 10.6 Å². The largest absolute Gasteiger partial charge is 0.321 e. The van der Waals surface area contributed by atoms with Gasteiger partial charge in [-0.1, -0.05) is 84.4 Å². The zero-order chi connectivity index (χ0) is 33.2. The van der Waals surface area contributed by atoms with Gasteiger partial charge in [-0.25, -0.2) is 18.6 Å². The van der Waals surface area contributed by atoms with E-state index in [1.807, 2.05) is 97.1 Å². The molecule has 0 unspecified atom stereocenters. The molecule has 0 radical (unpaired) electrons. The maximum Gasteiger partial charge on any atom is 0.277 e. The Bertz CT molecular complexity index is 1670. The predicted octanol–water partition coefficient (Wildman–Crippen LogP) is 2.35. The molecule has 8 nitrogen and oxygen atoms in total. The summed E-state index contributed by atoms with van der Waals surface area (Å²) < 4.78 is 34.2. The van der Waals surface area contributed by atoms with Crippen molar-refractivity contribution in [1.29, 1.82) is 0 Å². The highest BCUT2D eigenvalue weighted by Gasteiger charge is 2.52. The fourth-order valence-electron chi connectivity index (χ4n) is 4.61. The number of benzene rings is 5. The van der Waals surface area contributed by atoms with Gasteiger partial charge in [-0.2, -0.15) is 0 Å². The van der Waals surface area contributed by atoms with E-state index in [9.17, 15) is 9.59 Å². The molecule has 0 saturated heterocycles. The first-order valence-electron chi connectivity index (χ1n) is 13.5. The number of hydrogen-bond acceptors (Lipinski definition) is 6. The third-order valence-corrected chi connectivity index (χ3v) is 11.8. The Balaban J connectivity index is 0.000000892. The highest BCUT2D eigenvalue weighted by atomic mass is 35.7. The summed E-state index contributed by atoms with van der Waals surface area (Å²) in [5, 5.41) is 9.13. The van der Waals surface area contributed by atoms with Crippen LogP contribution in [0.15, 0.2) is 156 Å². The van der Waals surface area contributed by atoms with Crippen LogP contribution in [0.3, 0.4) is 0 Å². The molecule has 0 aliphatic heterocycles. The van der Waals surface area contributed by atoms with Crippen LogP contribution in [0, 0.1) is 10.2 Å². The number of carbonyl (C=O) groups excluding carboxylic acids is 2. The highest BCUT2D eigenvalue weighted by Crippen LogP contribution is 2.64. The smallest absolute Gasteiger partial charge is 0.277 e. The van der Waals surface area contributed by atoms with Crippen LogP contribution in [-0.2, 0) is 4.79 Å². The van der Waals surface area contributed by atoms with Gasteiger partial charge in [0.2, 0.25) is 4.77 Å². The molecular formula is C34H26Cl3N2O6P. The van der Waals surface area contributed by atoms with E-state index < -0.39 is 29.3 Å². The Kier molecular flexibility index (Phi) is 12.1. The zero-order valence-electron chi connectivity index (χ0n) is 23.9. The molecule has 46 heavy (non-hydrogen) atoms. The molecule has 5 aromatic carbocycles. The number of amides is 2. The number of anilines is 1. The first-order valence-corrected chi connectivity index (χ1v) is 17.3. The van der Waals surface area contributed by atoms with E-state index in [-0.39, 0.29) is 10.5 Å². The number of hydrogen-bond donors (Lipinski definition) is 2. The molecule has 12 heteroatoms. The molecule has 0 aromatic heterocycles. The quantitative estimate of drug-likeness (QED) is 0.188. The number of rotatable bonds is 8. The van der Waals surface area contributed by atoms with Crippen molar-refractivity contribution in [3.63, 3.8) is 0 Å². The molecule has 0 heterocycles. The summed E-state index contributed by atoms with van der Waals surface area (Å²) in [4.78, 5) is 27.6. The van der Waals surface area contributed by atoms with E-state index in [0.29, 0.717) is 16.3 Å². The van der Waals surface area contributed by atoms with Crippen LogP contribution in [0.1, 0.15) is 10.4 Å². The van der Waals surface area contributed by atoms with E-state index in [4.69, 9.17) is 41.8 Å². The molecule has 0 fully saturated rings. The molecule has 0 spiro atoms.